The number of benzene rings is 3. The third kappa shape index (κ3) is 7.01. The van der Waals surface area contributed by atoms with Crippen LogP contribution in [0.3, 0.4) is 0 Å². The summed E-state index contributed by atoms with van der Waals surface area (Å²) in [4.78, 5) is 31.6. The molecule has 1 atom stereocenters. The van der Waals surface area contributed by atoms with Crippen LogP contribution in [0.2, 0.25) is 0 Å². The number of hydrogen-bond donors (Lipinski definition) is 1. The van der Waals surface area contributed by atoms with Crippen molar-refractivity contribution in [3.63, 3.8) is 0 Å². The number of fused-ring (bicyclic) bond motifs is 1. The molecule has 0 fully saturated rings. The van der Waals surface area contributed by atoms with Gasteiger partial charge in [-0.05, 0) is 61.7 Å². The summed E-state index contributed by atoms with van der Waals surface area (Å²) < 4.78 is 18.0. The summed E-state index contributed by atoms with van der Waals surface area (Å²) in [5.74, 6) is -0.0853. The van der Waals surface area contributed by atoms with Crippen molar-refractivity contribution >= 4 is 22.8 Å². The molecule has 0 bridgehead atoms. The van der Waals surface area contributed by atoms with E-state index in [0.717, 1.165) is 23.1 Å². The van der Waals surface area contributed by atoms with E-state index >= 15 is 0 Å². The number of esters is 2. The molecule has 5 rings (SSSR count). The molecule has 1 N–H and O–H groups in total. The van der Waals surface area contributed by atoms with Crippen LogP contribution in [0.5, 0.6) is 11.5 Å². The standard InChI is InChI=1S/C35H37N5O5/c1-7-12-28-30(43-23-19-17-22(18-20-23)24-13-8-9-14-25(24)31-37-39-40-38-31)29(26-15-10-11-16-27(26)36-28)32(41)44-33(21(2)3)45-34(42)35(4,5)6/h8-11,13-21,33H,7,12H2,1-6H3,(H,37,38,39,40). The van der Waals surface area contributed by atoms with Crippen LogP contribution in [0.25, 0.3) is 33.4 Å². The van der Waals surface area contributed by atoms with Crippen LogP contribution in [0.1, 0.15) is 64.0 Å². The summed E-state index contributed by atoms with van der Waals surface area (Å²) in [6.07, 6.45) is 0.264. The average Bonchev–Trinajstić information content (AvgIpc) is 3.56. The molecule has 232 valence electrons. The van der Waals surface area contributed by atoms with Crippen molar-refractivity contribution in [3.8, 4) is 34.0 Å². The number of aromatic amines is 1. The lowest BCUT2D eigenvalue weighted by Gasteiger charge is -2.26. The van der Waals surface area contributed by atoms with Gasteiger partial charge in [0, 0.05) is 16.9 Å². The van der Waals surface area contributed by atoms with Gasteiger partial charge in [-0.1, -0.05) is 81.8 Å². The van der Waals surface area contributed by atoms with Gasteiger partial charge in [0.1, 0.15) is 11.3 Å². The van der Waals surface area contributed by atoms with Crippen molar-refractivity contribution in [2.45, 2.75) is 60.7 Å². The quantitative estimate of drug-likeness (QED) is 0.126. The molecule has 0 amide bonds. The van der Waals surface area contributed by atoms with Gasteiger partial charge in [-0.2, -0.15) is 5.21 Å². The highest BCUT2D eigenvalue weighted by Crippen LogP contribution is 2.37. The highest BCUT2D eigenvalue weighted by Gasteiger charge is 2.32. The number of aromatic nitrogens is 5. The molecule has 10 heteroatoms. The zero-order valence-corrected chi connectivity index (χ0v) is 26.3. The summed E-state index contributed by atoms with van der Waals surface area (Å²) in [7, 11) is 0. The SMILES string of the molecule is CCCc1nc2ccccc2c(C(=O)OC(OC(=O)C(C)(C)C)C(C)C)c1Oc1ccc(-c2ccccc2-c2nn[nH]n2)cc1. The molecule has 0 spiro atoms. The smallest absolute Gasteiger partial charge is 0.345 e. The molecule has 3 aromatic carbocycles. The minimum Gasteiger partial charge on any atom is -0.455 e. The monoisotopic (exact) mass is 607 g/mol. The third-order valence-electron chi connectivity index (χ3n) is 7.11. The van der Waals surface area contributed by atoms with E-state index in [1.807, 2.05) is 93.6 Å². The Kier molecular flexibility index (Phi) is 9.22. The summed E-state index contributed by atoms with van der Waals surface area (Å²) in [5, 5.41) is 15.0. The fourth-order valence-corrected chi connectivity index (χ4v) is 4.73. The first kappa shape index (κ1) is 31.3. The molecule has 0 saturated heterocycles. The van der Waals surface area contributed by atoms with Crippen LogP contribution in [-0.2, 0) is 20.7 Å². The molecule has 0 aliphatic heterocycles. The maximum Gasteiger partial charge on any atom is 0.345 e. The second-order valence-electron chi connectivity index (χ2n) is 12.1. The van der Waals surface area contributed by atoms with Crippen LogP contribution < -0.4 is 4.74 Å². The Labute approximate surface area is 262 Å². The molecule has 10 nitrogen and oxygen atoms in total. The lowest BCUT2D eigenvalue weighted by atomic mass is 9.97. The van der Waals surface area contributed by atoms with Crippen molar-refractivity contribution in [1.29, 1.82) is 0 Å². The Morgan fingerprint density at radius 1 is 0.889 bits per heavy atom. The van der Waals surface area contributed by atoms with E-state index in [9.17, 15) is 9.59 Å². The van der Waals surface area contributed by atoms with E-state index < -0.39 is 23.6 Å². The lowest BCUT2D eigenvalue weighted by molar-refractivity contribution is -0.184. The van der Waals surface area contributed by atoms with Crippen LogP contribution >= 0.6 is 0 Å². The van der Waals surface area contributed by atoms with Gasteiger partial charge in [-0.25, -0.2) is 9.78 Å². The predicted octanol–water partition coefficient (Wildman–Crippen LogP) is 7.55. The van der Waals surface area contributed by atoms with E-state index in [2.05, 4.69) is 20.6 Å². The molecule has 0 aliphatic rings. The second-order valence-corrected chi connectivity index (χ2v) is 12.1. The number of pyridine rings is 1. The number of para-hydroxylation sites is 1. The largest absolute Gasteiger partial charge is 0.455 e. The minimum absolute atomic E-state index is 0.230. The fourth-order valence-electron chi connectivity index (χ4n) is 4.73. The maximum absolute atomic E-state index is 14.0. The number of rotatable bonds is 10. The Morgan fingerprint density at radius 2 is 1.58 bits per heavy atom. The maximum atomic E-state index is 14.0. The first-order valence-corrected chi connectivity index (χ1v) is 15.0. The van der Waals surface area contributed by atoms with Gasteiger partial charge < -0.3 is 14.2 Å². The lowest BCUT2D eigenvalue weighted by Crippen LogP contribution is -2.34. The van der Waals surface area contributed by atoms with E-state index in [0.29, 0.717) is 40.3 Å². The highest BCUT2D eigenvalue weighted by molar-refractivity contribution is 6.06. The Hall–Kier alpha value is -5.12. The number of carbonyl (C=O) groups excluding carboxylic acids is 2. The summed E-state index contributed by atoms with van der Waals surface area (Å²) in [6.45, 7) is 11.0. The number of H-pyrrole nitrogens is 1. The zero-order valence-electron chi connectivity index (χ0n) is 26.3. The van der Waals surface area contributed by atoms with Gasteiger partial charge >= 0.3 is 11.9 Å². The number of hydrogen-bond acceptors (Lipinski definition) is 9. The van der Waals surface area contributed by atoms with Gasteiger partial charge in [0.2, 0.25) is 12.1 Å². The summed E-state index contributed by atoms with van der Waals surface area (Å²) in [6, 6.07) is 22.7. The fraction of sp³-hybridized carbons (Fsp3) is 0.314. The third-order valence-corrected chi connectivity index (χ3v) is 7.11. The summed E-state index contributed by atoms with van der Waals surface area (Å²) in [5.41, 5.74) is 3.42. The minimum atomic E-state index is -1.09. The Bertz CT molecular complexity index is 1790. The number of carbonyl (C=O) groups is 2. The molecule has 2 aromatic heterocycles. The van der Waals surface area contributed by atoms with E-state index in [1.54, 1.807) is 20.8 Å². The van der Waals surface area contributed by atoms with E-state index in [4.69, 9.17) is 19.2 Å². The Balaban J connectivity index is 1.53. The number of nitrogens with one attached hydrogen (secondary N) is 1. The van der Waals surface area contributed by atoms with Gasteiger partial charge in [-0.3, -0.25) is 4.79 Å². The molecule has 0 aliphatic carbocycles. The molecular weight excluding hydrogens is 570 g/mol. The van der Waals surface area contributed by atoms with E-state index in [1.165, 1.54) is 0 Å². The average molecular weight is 608 g/mol. The topological polar surface area (TPSA) is 129 Å². The van der Waals surface area contributed by atoms with Crippen molar-refractivity contribution < 1.29 is 23.8 Å². The number of ether oxygens (including phenoxy) is 3. The molecule has 2 heterocycles. The van der Waals surface area contributed by atoms with Gasteiger partial charge in [0.15, 0.2) is 5.75 Å². The molecule has 0 radical (unpaired) electrons. The normalized spacial score (nSPS) is 12.2. The molecule has 0 saturated carbocycles. The molecule has 5 aromatic rings. The van der Waals surface area contributed by atoms with Gasteiger partial charge in [-0.15, -0.1) is 10.2 Å². The Morgan fingerprint density at radius 3 is 2.22 bits per heavy atom. The molecular formula is C35H37N5O5. The van der Waals surface area contributed by atoms with Crippen molar-refractivity contribution in [2.75, 3.05) is 0 Å². The van der Waals surface area contributed by atoms with Crippen LogP contribution in [-0.4, -0.2) is 43.8 Å². The van der Waals surface area contributed by atoms with Crippen molar-refractivity contribution in [3.05, 3.63) is 84.1 Å². The first-order valence-electron chi connectivity index (χ1n) is 15.0. The molecule has 1 unspecified atom stereocenters. The number of tetrazole rings is 1. The zero-order chi connectivity index (χ0) is 32.1. The molecule has 45 heavy (non-hydrogen) atoms. The number of nitrogens with zero attached hydrogens (tertiary/aromatic N) is 4. The van der Waals surface area contributed by atoms with Crippen molar-refractivity contribution in [2.24, 2.45) is 11.3 Å². The first-order chi connectivity index (χ1) is 21.6. The second kappa shape index (κ2) is 13.3. The van der Waals surface area contributed by atoms with Crippen molar-refractivity contribution in [1.82, 2.24) is 25.6 Å². The van der Waals surface area contributed by atoms with Crippen LogP contribution in [0.4, 0.5) is 0 Å². The van der Waals surface area contributed by atoms with Gasteiger partial charge in [0.05, 0.1) is 16.6 Å². The highest BCUT2D eigenvalue weighted by atomic mass is 16.7. The number of aryl methyl sites for hydroxylation is 1. The van der Waals surface area contributed by atoms with Crippen LogP contribution in [0, 0.1) is 11.3 Å². The van der Waals surface area contributed by atoms with Crippen LogP contribution in [0.15, 0.2) is 72.8 Å². The summed E-state index contributed by atoms with van der Waals surface area (Å²) >= 11 is 0. The predicted molar refractivity (Wildman–Crippen MR) is 170 cm³/mol. The van der Waals surface area contributed by atoms with E-state index in [-0.39, 0.29) is 11.5 Å². The van der Waals surface area contributed by atoms with Gasteiger partial charge in [0.25, 0.3) is 0 Å².